The molecule has 1 aliphatic rings. The van der Waals surface area contributed by atoms with Gasteiger partial charge in [0.25, 0.3) is 0 Å². The summed E-state index contributed by atoms with van der Waals surface area (Å²) in [6, 6.07) is 6.15. The topological polar surface area (TPSA) is 21.3 Å². The fourth-order valence-electron chi connectivity index (χ4n) is 2.19. The molecule has 0 bridgehead atoms. The Hall–Kier alpha value is -1.28. The van der Waals surface area contributed by atoms with Gasteiger partial charge in [0.2, 0.25) is 0 Å². The monoisotopic (exact) mass is 231 g/mol. The molecule has 1 atom stereocenters. The second kappa shape index (κ2) is 5.37. The molecule has 0 aliphatic carbocycles. The molecule has 0 radical (unpaired) electrons. The van der Waals surface area contributed by atoms with Crippen molar-refractivity contribution >= 4 is 0 Å². The molecule has 0 spiro atoms. The molecule has 1 saturated heterocycles. The summed E-state index contributed by atoms with van der Waals surface area (Å²) >= 11 is 0. The highest BCUT2D eigenvalue weighted by Gasteiger charge is 2.18. The minimum Gasteiger partial charge on any atom is -0.462 e. The summed E-state index contributed by atoms with van der Waals surface area (Å²) in [5.41, 5.74) is 2.47. The number of rotatable bonds is 3. The standard InChI is InChI=1S/C15H21NO/c1-11-6-4-8-15(12(11)2)17-13(3)14-7-5-9-16-10-14/h4,6,8,14,16H,3,5,7,9-10H2,1-2H3/t14-/m1/s1. The Labute approximate surface area is 104 Å². The van der Waals surface area contributed by atoms with Gasteiger partial charge < -0.3 is 10.1 Å². The third-order valence-corrected chi connectivity index (χ3v) is 3.55. The third kappa shape index (κ3) is 2.89. The van der Waals surface area contributed by atoms with Crippen molar-refractivity contribution < 1.29 is 4.74 Å². The van der Waals surface area contributed by atoms with Crippen LogP contribution in [0.4, 0.5) is 0 Å². The number of aryl methyl sites for hydroxylation is 1. The van der Waals surface area contributed by atoms with Gasteiger partial charge >= 0.3 is 0 Å². The zero-order chi connectivity index (χ0) is 12.3. The van der Waals surface area contributed by atoms with Crippen LogP contribution in [0.15, 0.2) is 30.5 Å². The summed E-state index contributed by atoms with van der Waals surface area (Å²) in [5.74, 6) is 2.29. The van der Waals surface area contributed by atoms with E-state index >= 15 is 0 Å². The lowest BCUT2D eigenvalue weighted by molar-refractivity contribution is 0.301. The van der Waals surface area contributed by atoms with Gasteiger partial charge in [0.1, 0.15) is 11.5 Å². The molecule has 0 amide bonds. The molecule has 1 aromatic rings. The number of ether oxygens (including phenoxy) is 1. The SMILES string of the molecule is C=C(Oc1cccc(C)c1C)[C@@H]1CCCNC1. The zero-order valence-electron chi connectivity index (χ0n) is 10.8. The molecule has 0 unspecified atom stereocenters. The zero-order valence-corrected chi connectivity index (χ0v) is 10.8. The lowest BCUT2D eigenvalue weighted by atomic mass is 9.98. The van der Waals surface area contributed by atoms with Crippen molar-refractivity contribution in [1.29, 1.82) is 0 Å². The number of hydrogen-bond acceptors (Lipinski definition) is 2. The summed E-state index contributed by atoms with van der Waals surface area (Å²) in [7, 11) is 0. The molecule has 2 rings (SSSR count). The van der Waals surface area contributed by atoms with Crippen LogP contribution >= 0.6 is 0 Å². The van der Waals surface area contributed by atoms with Crippen LogP contribution in [0.5, 0.6) is 5.75 Å². The molecule has 1 aliphatic heterocycles. The molecule has 1 fully saturated rings. The first-order valence-corrected chi connectivity index (χ1v) is 6.32. The number of nitrogens with one attached hydrogen (secondary N) is 1. The predicted molar refractivity (Wildman–Crippen MR) is 71.3 cm³/mol. The fraction of sp³-hybridized carbons (Fsp3) is 0.467. The van der Waals surface area contributed by atoms with E-state index in [4.69, 9.17) is 4.74 Å². The van der Waals surface area contributed by atoms with Crippen LogP contribution in [-0.2, 0) is 0 Å². The average Bonchev–Trinajstić information content (AvgIpc) is 2.36. The summed E-state index contributed by atoms with van der Waals surface area (Å²) in [4.78, 5) is 0. The van der Waals surface area contributed by atoms with Crippen molar-refractivity contribution in [2.75, 3.05) is 13.1 Å². The van der Waals surface area contributed by atoms with Gasteiger partial charge in [-0.3, -0.25) is 0 Å². The molecule has 1 aromatic carbocycles. The Bertz CT molecular complexity index is 405. The van der Waals surface area contributed by atoms with E-state index in [1.807, 2.05) is 12.1 Å². The van der Waals surface area contributed by atoms with Crippen LogP contribution in [0, 0.1) is 19.8 Å². The molecule has 92 valence electrons. The first-order chi connectivity index (χ1) is 8.18. The maximum Gasteiger partial charge on any atom is 0.130 e. The second-order valence-electron chi connectivity index (χ2n) is 4.81. The highest BCUT2D eigenvalue weighted by Crippen LogP contribution is 2.26. The van der Waals surface area contributed by atoms with Gasteiger partial charge in [-0.1, -0.05) is 18.7 Å². The quantitative estimate of drug-likeness (QED) is 0.807. The van der Waals surface area contributed by atoms with E-state index in [0.717, 1.165) is 24.6 Å². The Morgan fingerprint density at radius 2 is 2.24 bits per heavy atom. The smallest absolute Gasteiger partial charge is 0.130 e. The second-order valence-corrected chi connectivity index (χ2v) is 4.81. The predicted octanol–water partition coefficient (Wildman–Crippen LogP) is 3.20. The van der Waals surface area contributed by atoms with Gasteiger partial charge in [0, 0.05) is 12.5 Å². The van der Waals surface area contributed by atoms with Gasteiger partial charge in [-0.2, -0.15) is 0 Å². The minimum absolute atomic E-state index is 0.448. The van der Waals surface area contributed by atoms with E-state index in [1.165, 1.54) is 24.0 Å². The highest BCUT2D eigenvalue weighted by molar-refractivity contribution is 5.39. The van der Waals surface area contributed by atoms with E-state index in [9.17, 15) is 0 Å². The maximum absolute atomic E-state index is 5.93. The van der Waals surface area contributed by atoms with E-state index in [1.54, 1.807) is 0 Å². The van der Waals surface area contributed by atoms with Gasteiger partial charge in [-0.15, -0.1) is 0 Å². The Balaban J connectivity index is 2.04. The van der Waals surface area contributed by atoms with Crippen molar-refractivity contribution in [3.63, 3.8) is 0 Å². The van der Waals surface area contributed by atoms with E-state index in [0.29, 0.717) is 5.92 Å². The Morgan fingerprint density at radius 1 is 1.41 bits per heavy atom. The molecule has 0 aromatic heterocycles. The summed E-state index contributed by atoms with van der Waals surface area (Å²) in [6.07, 6.45) is 2.39. The van der Waals surface area contributed by atoms with Gasteiger partial charge in [-0.25, -0.2) is 0 Å². The van der Waals surface area contributed by atoms with Crippen molar-refractivity contribution in [3.05, 3.63) is 41.7 Å². The minimum atomic E-state index is 0.448. The lowest BCUT2D eigenvalue weighted by Crippen LogP contribution is -2.31. The van der Waals surface area contributed by atoms with Crippen LogP contribution in [0.3, 0.4) is 0 Å². The number of piperidine rings is 1. The summed E-state index contributed by atoms with van der Waals surface area (Å²) < 4.78 is 5.93. The van der Waals surface area contributed by atoms with E-state index < -0.39 is 0 Å². The van der Waals surface area contributed by atoms with E-state index in [-0.39, 0.29) is 0 Å². The van der Waals surface area contributed by atoms with Crippen molar-refractivity contribution in [1.82, 2.24) is 5.32 Å². The molecule has 17 heavy (non-hydrogen) atoms. The van der Waals surface area contributed by atoms with Crippen LogP contribution < -0.4 is 10.1 Å². The van der Waals surface area contributed by atoms with Crippen LogP contribution in [0.2, 0.25) is 0 Å². The van der Waals surface area contributed by atoms with Gasteiger partial charge in [0.05, 0.1) is 0 Å². The van der Waals surface area contributed by atoms with Gasteiger partial charge in [-0.05, 0) is 50.4 Å². The fourth-order valence-corrected chi connectivity index (χ4v) is 2.19. The van der Waals surface area contributed by atoms with E-state index in [2.05, 4.69) is 31.8 Å². The number of hydrogen-bond donors (Lipinski definition) is 1. The Morgan fingerprint density at radius 3 is 2.94 bits per heavy atom. The first kappa shape index (κ1) is 12.2. The van der Waals surface area contributed by atoms with Crippen molar-refractivity contribution in [2.24, 2.45) is 5.92 Å². The van der Waals surface area contributed by atoms with Crippen molar-refractivity contribution in [3.8, 4) is 5.75 Å². The van der Waals surface area contributed by atoms with Crippen LogP contribution in [-0.4, -0.2) is 13.1 Å². The average molecular weight is 231 g/mol. The maximum atomic E-state index is 5.93. The molecule has 1 N–H and O–H groups in total. The summed E-state index contributed by atoms with van der Waals surface area (Å²) in [5, 5.41) is 3.39. The first-order valence-electron chi connectivity index (χ1n) is 6.32. The Kier molecular flexibility index (Phi) is 3.85. The molecular weight excluding hydrogens is 210 g/mol. The normalized spacial score (nSPS) is 20.0. The van der Waals surface area contributed by atoms with Crippen molar-refractivity contribution in [2.45, 2.75) is 26.7 Å². The van der Waals surface area contributed by atoms with Crippen LogP contribution in [0.1, 0.15) is 24.0 Å². The molecule has 1 heterocycles. The molecule has 2 nitrogen and oxygen atoms in total. The lowest BCUT2D eigenvalue weighted by Gasteiger charge is -2.25. The largest absolute Gasteiger partial charge is 0.462 e. The summed E-state index contributed by atoms with van der Waals surface area (Å²) in [6.45, 7) is 10.4. The molecule has 0 saturated carbocycles. The molecular formula is C15H21NO. The molecule has 2 heteroatoms. The van der Waals surface area contributed by atoms with Crippen LogP contribution in [0.25, 0.3) is 0 Å². The number of benzene rings is 1. The third-order valence-electron chi connectivity index (χ3n) is 3.55. The highest BCUT2D eigenvalue weighted by atomic mass is 16.5. The van der Waals surface area contributed by atoms with Gasteiger partial charge in [0.15, 0.2) is 0 Å².